The molecule has 1 aromatic carbocycles. The number of terminal acetylenes is 1. The van der Waals surface area contributed by atoms with Gasteiger partial charge in [-0.15, -0.1) is 12.3 Å². The van der Waals surface area contributed by atoms with Gasteiger partial charge in [0.1, 0.15) is 11.8 Å². The van der Waals surface area contributed by atoms with Crippen molar-refractivity contribution < 1.29 is 19.4 Å². The molecule has 0 aliphatic carbocycles. The van der Waals surface area contributed by atoms with E-state index in [1.54, 1.807) is 0 Å². The first-order valence-corrected chi connectivity index (χ1v) is 6.23. The van der Waals surface area contributed by atoms with E-state index in [1.807, 2.05) is 0 Å². The summed E-state index contributed by atoms with van der Waals surface area (Å²) in [6.07, 6.45) is 4.91. The van der Waals surface area contributed by atoms with Crippen LogP contribution >= 0.6 is 23.2 Å². The summed E-state index contributed by atoms with van der Waals surface area (Å²) in [7, 11) is 0. The molecule has 0 bridgehead atoms. The van der Waals surface area contributed by atoms with Crippen molar-refractivity contribution in [3.63, 3.8) is 0 Å². The first kappa shape index (κ1) is 16.2. The molecule has 106 valence electrons. The summed E-state index contributed by atoms with van der Waals surface area (Å²) >= 11 is 11.5. The Bertz CT molecular complexity index is 554. The number of nitrogens with one attached hydrogen (secondary N) is 1. The number of hydrogen-bond donors (Lipinski definition) is 2. The van der Waals surface area contributed by atoms with E-state index in [2.05, 4.69) is 11.2 Å². The Morgan fingerprint density at radius 3 is 2.65 bits per heavy atom. The van der Waals surface area contributed by atoms with E-state index in [4.69, 9.17) is 39.5 Å². The van der Waals surface area contributed by atoms with Gasteiger partial charge in [-0.2, -0.15) is 0 Å². The molecule has 0 radical (unpaired) electrons. The predicted molar refractivity (Wildman–Crippen MR) is 75.0 cm³/mol. The number of carbonyl (C=O) groups excluding carboxylic acids is 1. The Hall–Kier alpha value is -1.90. The van der Waals surface area contributed by atoms with Crippen LogP contribution in [0.2, 0.25) is 10.0 Å². The maximum atomic E-state index is 11.5. The molecule has 0 spiro atoms. The maximum Gasteiger partial charge on any atom is 0.327 e. The van der Waals surface area contributed by atoms with Crippen molar-refractivity contribution in [1.29, 1.82) is 0 Å². The van der Waals surface area contributed by atoms with Crippen LogP contribution < -0.4 is 10.1 Å². The molecule has 7 heteroatoms. The minimum atomic E-state index is -1.20. The SMILES string of the molecule is C#CCC(NC(=O)COc1ccc(Cl)c(Cl)c1)C(=O)O. The monoisotopic (exact) mass is 315 g/mol. The Balaban J connectivity index is 2.52. The lowest BCUT2D eigenvalue weighted by Crippen LogP contribution is -2.42. The number of rotatable bonds is 6. The van der Waals surface area contributed by atoms with Crippen LogP contribution in [-0.2, 0) is 9.59 Å². The van der Waals surface area contributed by atoms with E-state index in [-0.39, 0.29) is 13.0 Å². The largest absolute Gasteiger partial charge is 0.484 e. The Morgan fingerprint density at radius 2 is 2.10 bits per heavy atom. The number of hydrogen-bond acceptors (Lipinski definition) is 3. The van der Waals surface area contributed by atoms with Gasteiger partial charge in [0.2, 0.25) is 0 Å². The first-order chi connectivity index (χ1) is 9.43. The molecule has 2 N–H and O–H groups in total. The van der Waals surface area contributed by atoms with Gasteiger partial charge in [0.15, 0.2) is 6.61 Å². The quantitative estimate of drug-likeness (QED) is 0.787. The van der Waals surface area contributed by atoms with E-state index in [0.717, 1.165) is 0 Å². The number of amides is 1. The van der Waals surface area contributed by atoms with Crippen LogP contribution in [0.15, 0.2) is 18.2 Å². The Labute approximate surface area is 125 Å². The highest BCUT2D eigenvalue weighted by Crippen LogP contribution is 2.26. The van der Waals surface area contributed by atoms with Crippen molar-refractivity contribution in [2.24, 2.45) is 0 Å². The second-order valence-corrected chi connectivity index (χ2v) is 4.55. The highest BCUT2D eigenvalue weighted by atomic mass is 35.5. The van der Waals surface area contributed by atoms with Crippen LogP contribution in [0.1, 0.15) is 6.42 Å². The number of carboxylic acid groups (broad SMARTS) is 1. The van der Waals surface area contributed by atoms with E-state index >= 15 is 0 Å². The highest BCUT2D eigenvalue weighted by molar-refractivity contribution is 6.42. The van der Waals surface area contributed by atoms with Crippen LogP contribution in [0, 0.1) is 12.3 Å². The van der Waals surface area contributed by atoms with Gasteiger partial charge in [-0.1, -0.05) is 23.2 Å². The second kappa shape index (κ2) is 7.63. The normalized spacial score (nSPS) is 11.2. The number of halogens is 2. The zero-order valence-corrected chi connectivity index (χ0v) is 11.7. The summed E-state index contributed by atoms with van der Waals surface area (Å²) in [6, 6.07) is 3.38. The third-order valence-electron chi connectivity index (χ3n) is 2.22. The molecule has 0 fully saturated rings. The molecule has 1 aromatic rings. The summed E-state index contributed by atoms with van der Waals surface area (Å²) in [6.45, 7) is -0.355. The molecule has 1 atom stereocenters. The van der Waals surface area contributed by atoms with Crippen LogP contribution in [0.5, 0.6) is 5.75 Å². The highest BCUT2D eigenvalue weighted by Gasteiger charge is 2.18. The molecule has 0 heterocycles. The van der Waals surface area contributed by atoms with Crippen molar-refractivity contribution >= 4 is 35.1 Å². The Kier molecular flexibility index (Phi) is 6.16. The predicted octanol–water partition coefficient (Wildman–Crippen LogP) is 1.96. The molecule has 0 aliphatic heterocycles. The van der Waals surface area contributed by atoms with Gasteiger partial charge in [0.25, 0.3) is 5.91 Å². The van der Waals surface area contributed by atoms with Crippen molar-refractivity contribution in [2.45, 2.75) is 12.5 Å². The van der Waals surface area contributed by atoms with Gasteiger partial charge >= 0.3 is 5.97 Å². The minimum Gasteiger partial charge on any atom is -0.484 e. The average molecular weight is 316 g/mol. The fourth-order valence-electron chi connectivity index (χ4n) is 1.27. The van der Waals surface area contributed by atoms with Crippen LogP contribution in [-0.4, -0.2) is 29.6 Å². The molecule has 0 saturated heterocycles. The molecule has 1 amide bonds. The van der Waals surface area contributed by atoms with Gasteiger partial charge in [-0.3, -0.25) is 4.79 Å². The standard InChI is InChI=1S/C13H11Cl2NO4/c1-2-3-11(13(18)19)16-12(17)7-20-8-4-5-9(14)10(15)6-8/h1,4-6,11H,3,7H2,(H,16,17)(H,18,19). The molecule has 0 saturated carbocycles. The minimum absolute atomic E-state index is 0.103. The van der Waals surface area contributed by atoms with Crippen molar-refractivity contribution in [2.75, 3.05) is 6.61 Å². The van der Waals surface area contributed by atoms with E-state index in [1.165, 1.54) is 18.2 Å². The molecule has 5 nitrogen and oxygen atoms in total. The first-order valence-electron chi connectivity index (χ1n) is 5.47. The summed E-state index contributed by atoms with van der Waals surface area (Å²) < 4.78 is 5.16. The molecule has 1 rings (SSSR count). The number of carbonyl (C=O) groups is 2. The van der Waals surface area contributed by atoms with Crippen LogP contribution in [0.3, 0.4) is 0 Å². The van der Waals surface area contributed by atoms with Gasteiger partial charge in [0, 0.05) is 12.5 Å². The lowest BCUT2D eigenvalue weighted by Gasteiger charge is -2.12. The van der Waals surface area contributed by atoms with E-state index < -0.39 is 17.9 Å². The van der Waals surface area contributed by atoms with E-state index in [0.29, 0.717) is 15.8 Å². The molecule has 0 aromatic heterocycles. The van der Waals surface area contributed by atoms with Crippen molar-refractivity contribution in [3.05, 3.63) is 28.2 Å². The lowest BCUT2D eigenvalue weighted by molar-refractivity contribution is -0.141. The van der Waals surface area contributed by atoms with Crippen molar-refractivity contribution in [3.8, 4) is 18.1 Å². The molecular formula is C13H11Cl2NO4. The summed E-state index contributed by atoms with van der Waals surface area (Å²) in [5.41, 5.74) is 0. The third kappa shape index (κ3) is 5.00. The van der Waals surface area contributed by atoms with Gasteiger partial charge in [-0.05, 0) is 12.1 Å². The van der Waals surface area contributed by atoms with E-state index in [9.17, 15) is 9.59 Å². The fourth-order valence-corrected chi connectivity index (χ4v) is 1.56. The summed E-state index contributed by atoms with van der Waals surface area (Å²) in [5.74, 6) is 0.718. The topological polar surface area (TPSA) is 75.6 Å². The third-order valence-corrected chi connectivity index (χ3v) is 2.96. The molecular weight excluding hydrogens is 305 g/mol. The van der Waals surface area contributed by atoms with Crippen LogP contribution in [0.4, 0.5) is 0 Å². The van der Waals surface area contributed by atoms with Gasteiger partial charge in [0.05, 0.1) is 10.0 Å². The average Bonchev–Trinajstić information content (AvgIpc) is 2.39. The number of carboxylic acids is 1. The second-order valence-electron chi connectivity index (χ2n) is 3.73. The molecule has 20 heavy (non-hydrogen) atoms. The zero-order chi connectivity index (χ0) is 15.1. The van der Waals surface area contributed by atoms with Gasteiger partial charge in [-0.25, -0.2) is 4.79 Å². The zero-order valence-electron chi connectivity index (χ0n) is 10.2. The number of aliphatic carboxylic acids is 1. The maximum absolute atomic E-state index is 11.5. The number of ether oxygens (including phenoxy) is 1. The lowest BCUT2D eigenvalue weighted by atomic mass is 10.2. The summed E-state index contributed by atoms with van der Waals surface area (Å²) in [4.78, 5) is 22.3. The Morgan fingerprint density at radius 1 is 1.40 bits per heavy atom. The summed E-state index contributed by atoms with van der Waals surface area (Å²) in [5, 5.41) is 11.7. The van der Waals surface area contributed by atoms with Crippen molar-refractivity contribution in [1.82, 2.24) is 5.32 Å². The smallest absolute Gasteiger partial charge is 0.327 e. The van der Waals surface area contributed by atoms with Gasteiger partial charge < -0.3 is 15.2 Å². The van der Waals surface area contributed by atoms with Crippen LogP contribution in [0.25, 0.3) is 0 Å². The molecule has 0 aliphatic rings. The fraction of sp³-hybridized carbons (Fsp3) is 0.231. The number of benzene rings is 1. The molecule has 1 unspecified atom stereocenters.